The van der Waals surface area contributed by atoms with Gasteiger partial charge in [-0.05, 0) is 38.0 Å². The van der Waals surface area contributed by atoms with Crippen molar-refractivity contribution in [2.24, 2.45) is 0 Å². The van der Waals surface area contributed by atoms with E-state index in [0.29, 0.717) is 57.4 Å². The molecule has 174 valence electrons. The maximum atomic E-state index is 13.8. The molecule has 1 amide bonds. The number of aliphatic hydroxyl groups is 2. The molecule has 1 saturated heterocycles. The number of likely N-dealkylation sites (tertiary alicyclic amines) is 1. The molecule has 2 aromatic heterocycles. The van der Waals surface area contributed by atoms with Crippen LogP contribution in [0.25, 0.3) is 10.9 Å². The third-order valence-corrected chi connectivity index (χ3v) is 8.17. The Bertz CT molecular complexity index is 1230. The minimum Gasteiger partial charge on any atom is -0.387 e. The zero-order valence-electron chi connectivity index (χ0n) is 17.7. The van der Waals surface area contributed by atoms with Gasteiger partial charge in [0.05, 0.1) is 21.2 Å². The van der Waals surface area contributed by atoms with Gasteiger partial charge in [0.15, 0.2) is 5.78 Å². The molecule has 1 aromatic carbocycles. The number of thioether (sulfide) groups is 1. The highest BCUT2D eigenvalue weighted by Crippen LogP contribution is 2.38. The summed E-state index contributed by atoms with van der Waals surface area (Å²) in [4.78, 5) is 35.8. The highest BCUT2D eigenvalue weighted by atomic mass is 35.5. The number of carbonyl (C=O) groups is 2. The van der Waals surface area contributed by atoms with Crippen molar-refractivity contribution >= 4 is 57.3 Å². The molecule has 33 heavy (non-hydrogen) atoms. The summed E-state index contributed by atoms with van der Waals surface area (Å²) in [7, 11) is 0. The third kappa shape index (κ3) is 5.04. The molecule has 2 N–H and O–H groups in total. The van der Waals surface area contributed by atoms with Gasteiger partial charge in [0, 0.05) is 29.4 Å². The quantitative estimate of drug-likeness (QED) is 0.297. The number of halogens is 2. The second-order valence-corrected chi connectivity index (χ2v) is 10.3. The Morgan fingerprint density at radius 2 is 2.00 bits per heavy atom. The molecule has 0 saturated carbocycles. The molecule has 0 bridgehead atoms. The summed E-state index contributed by atoms with van der Waals surface area (Å²) in [6.45, 7) is 1.84. The number of hydrogen-bond acceptors (Lipinski definition) is 8. The molecule has 0 radical (unpaired) electrons. The first-order chi connectivity index (χ1) is 15.7. The minimum absolute atomic E-state index is 0.0361. The summed E-state index contributed by atoms with van der Waals surface area (Å²) in [6.07, 6.45) is 0.677. The van der Waals surface area contributed by atoms with Crippen molar-refractivity contribution in [1.82, 2.24) is 14.9 Å². The van der Waals surface area contributed by atoms with E-state index in [0.717, 1.165) is 0 Å². The lowest BCUT2D eigenvalue weighted by Crippen LogP contribution is -2.45. The van der Waals surface area contributed by atoms with E-state index in [-0.39, 0.29) is 22.5 Å². The Hall–Kier alpha value is -2.11. The van der Waals surface area contributed by atoms with Gasteiger partial charge in [-0.2, -0.15) is 0 Å². The van der Waals surface area contributed by atoms with Crippen LogP contribution in [0.2, 0.25) is 5.02 Å². The van der Waals surface area contributed by atoms with Crippen LogP contribution in [-0.4, -0.2) is 62.2 Å². The first kappa shape index (κ1) is 24.0. The normalized spacial score (nSPS) is 15.7. The van der Waals surface area contributed by atoms with E-state index < -0.39 is 18.0 Å². The fourth-order valence-electron chi connectivity index (χ4n) is 3.73. The average Bonchev–Trinajstić information content (AvgIpc) is 3.30. The molecule has 0 atom stereocenters. The van der Waals surface area contributed by atoms with Crippen LogP contribution in [0.5, 0.6) is 0 Å². The Morgan fingerprint density at radius 1 is 1.27 bits per heavy atom. The van der Waals surface area contributed by atoms with Crippen molar-refractivity contribution in [1.29, 1.82) is 0 Å². The summed E-state index contributed by atoms with van der Waals surface area (Å²) in [5.41, 5.74) is -0.686. The molecule has 3 heterocycles. The van der Waals surface area contributed by atoms with Gasteiger partial charge in [-0.1, -0.05) is 23.4 Å². The van der Waals surface area contributed by atoms with Gasteiger partial charge >= 0.3 is 0 Å². The average molecular weight is 510 g/mol. The van der Waals surface area contributed by atoms with Crippen LogP contribution in [-0.2, 0) is 10.4 Å². The molecular formula is C22H21ClFN3O4S2. The number of aryl methyl sites for hydroxylation is 1. The number of amides is 1. The zero-order valence-corrected chi connectivity index (χ0v) is 20.1. The Kier molecular flexibility index (Phi) is 7.01. The van der Waals surface area contributed by atoms with Crippen LogP contribution in [0.4, 0.5) is 4.39 Å². The van der Waals surface area contributed by atoms with Crippen molar-refractivity contribution < 1.29 is 24.2 Å². The number of aliphatic hydroxyl groups excluding tert-OH is 1. The lowest BCUT2D eigenvalue weighted by atomic mass is 9.90. The number of thiophene rings is 1. The second kappa shape index (κ2) is 9.63. The number of aromatic nitrogens is 2. The fraction of sp³-hybridized carbons (Fsp3) is 0.364. The van der Waals surface area contributed by atoms with E-state index in [9.17, 15) is 19.1 Å². The maximum absolute atomic E-state index is 13.8. The number of hydrogen-bond donors (Lipinski definition) is 2. The highest BCUT2D eigenvalue weighted by molar-refractivity contribution is 8.00. The number of fused-ring (bicyclic) bond motifs is 1. The van der Waals surface area contributed by atoms with Crippen LogP contribution in [0.1, 0.15) is 33.2 Å². The molecule has 0 spiro atoms. The molecule has 3 aromatic rings. The fourth-order valence-corrected chi connectivity index (χ4v) is 6.02. The van der Waals surface area contributed by atoms with E-state index in [2.05, 4.69) is 9.97 Å². The molecule has 0 unspecified atom stereocenters. The molecule has 0 aliphatic carbocycles. The predicted molar refractivity (Wildman–Crippen MR) is 125 cm³/mol. The van der Waals surface area contributed by atoms with Gasteiger partial charge in [0.2, 0.25) is 5.91 Å². The molecule has 1 aliphatic heterocycles. The van der Waals surface area contributed by atoms with E-state index in [4.69, 9.17) is 16.7 Å². The molecular weight excluding hydrogens is 489 g/mol. The van der Waals surface area contributed by atoms with E-state index in [1.165, 1.54) is 40.1 Å². The SMILES string of the molecule is Cc1nc(SCC(=O)c2ccc(C3(O)CCN(C(=O)CO)CC3)s2)c2cc(Cl)c(F)cc2n1. The van der Waals surface area contributed by atoms with Gasteiger partial charge in [-0.3, -0.25) is 9.59 Å². The van der Waals surface area contributed by atoms with Gasteiger partial charge in [-0.15, -0.1) is 11.3 Å². The zero-order chi connectivity index (χ0) is 23.8. The number of rotatable bonds is 6. The van der Waals surface area contributed by atoms with Gasteiger partial charge in [0.25, 0.3) is 0 Å². The summed E-state index contributed by atoms with van der Waals surface area (Å²) in [6, 6.07) is 6.16. The van der Waals surface area contributed by atoms with Crippen molar-refractivity contribution in [2.75, 3.05) is 25.4 Å². The molecule has 11 heteroatoms. The number of carbonyl (C=O) groups excluding carboxylic acids is 2. The van der Waals surface area contributed by atoms with Gasteiger partial charge in [0.1, 0.15) is 28.9 Å². The maximum Gasteiger partial charge on any atom is 0.248 e. The van der Waals surface area contributed by atoms with E-state index >= 15 is 0 Å². The van der Waals surface area contributed by atoms with Crippen molar-refractivity contribution in [3.63, 3.8) is 0 Å². The van der Waals surface area contributed by atoms with Gasteiger partial charge in [-0.25, -0.2) is 14.4 Å². The third-order valence-electron chi connectivity index (χ3n) is 5.57. The Morgan fingerprint density at radius 3 is 2.70 bits per heavy atom. The number of benzene rings is 1. The van der Waals surface area contributed by atoms with Crippen molar-refractivity contribution in [3.05, 3.63) is 50.7 Å². The van der Waals surface area contributed by atoms with Crippen molar-refractivity contribution in [2.45, 2.75) is 30.4 Å². The van der Waals surface area contributed by atoms with Crippen LogP contribution in [0.15, 0.2) is 29.3 Å². The van der Waals surface area contributed by atoms with Gasteiger partial charge < -0.3 is 15.1 Å². The number of piperidine rings is 1. The van der Waals surface area contributed by atoms with E-state index in [1.807, 2.05) is 0 Å². The Balaban J connectivity index is 1.46. The highest BCUT2D eigenvalue weighted by Gasteiger charge is 2.36. The molecule has 4 rings (SSSR count). The van der Waals surface area contributed by atoms with Crippen molar-refractivity contribution in [3.8, 4) is 0 Å². The topological polar surface area (TPSA) is 104 Å². The lowest BCUT2D eigenvalue weighted by Gasteiger charge is -2.37. The molecule has 1 fully saturated rings. The summed E-state index contributed by atoms with van der Waals surface area (Å²) < 4.78 is 13.8. The number of nitrogens with zero attached hydrogens (tertiary/aromatic N) is 3. The summed E-state index contributed by atoms with van der Waals surface area (Å²) in [5, 5.41) is 21.1. The molecule has 1 aliphatic rings. The van der Waals surface area contributed by atoms with Crippen LogP contribution in [0.3, 0.4) is 0 Å². The monoisotopic (exact) mass is 509 g/mol. The largest absolute Gasteiger partial charge is 0.387 e. The predicted octanol–water partition coefficient (Wildman–Crippen LogP) is 3.57. The summed E-state index contributed by atoms with van der Waals surface area (Å²) >= 11 is 8.38. The Labute approximate surface area is 202 Å². The summed E-state index contributed by atoms with van der Waals surface area (Å²) in [5.74, 6) is -0.466. The van der Waals surface area contributed by atoms with Crippen LogP contribution >= 0.6 is 34.7 Å². The smallest absolute Gasteiger partial charge is 0.248 e. The number of Topliss-reactive ketones (excluding diaryl/α,β-unsaturated/α-hetero) is 1. The lowest BCUT2D eigenvalue weighted by molar-refractivity contribution is -0.138. The molecule has 7 nitrogen and oxygen atoms in total. The second-order valence-electron chi connectivity index (χ2n) is 7.81. The first-order valence-electron chi connectivity index (χ1n) is 10.2. The first-order valence-corrected chi connectivity index (χ1v) is 12.4. The van der Waals surface area contributed by atoms with Crippen LogP contribution in [0, 0.1) is 12.7 Å². The number of ketones is 1. The van der Waals surface area contributed by atoms with E-state index in [1.54, 1.807) is 19.1 Å². The minimum atomic E-state index is -1.11. The van der Waals surface area contributed by atoms with Crippen LogP contribution < -0.4 is 0 Å². The standard InChI is InChI=1S/C22H21ClFN3O4S2/c1-12-25-16-9-15(24)14(23)8-13(16)21(26-12)32-11-17(29)18-2-3-19(33-18)22(31)4-6-27(7-5-22)20(30)10-28/h2-3,8-9,28,31H,4-7,10-11H2,1H3.